The average Bonchev–Trinajstić information content (AvgIpc) is 3.17. The molecule has 2 amide bonds. The quantitative estimate of drug-likeness (QED) is 0.807. The third kappa shape index (κ3) is 5.01. The zero-order chi connectivity index (χ0) is 18.4. The van der Waals surface area contributed by atoms with Crippen LogP contribution in [0.4, 0.5) is 5.95 Å². The smallest absolute Gasteiger partial charge is 0.225 e. The molecule has 1 aliphatic heterocycles. The van der Waals surface area contributed by atoms with Gasteiger partial charge >= 0.3 is 0 Å². The van der Waals surface area contributed by atoms with Crippen molar-refractivity contribution in [1.82, 2.24) is 20.6 Å². The Labute approximate surface area is 156 Å². The molecule has 138 valence electrons. The molecule has 0 unspecified atom stereocenters. The van der Waals surface area contributed by atoms with E-state index in [0.29, 0.717) is 0 Å². The molecule has 0 radical (unpaired) electrons. The first-order chi connectivity index (χ1) is 12.6. The Morgan fingerprint density at radius 1 is 1.27 bits per heavy atom. The largest absolute Gasteiger partial charge is 0.353 e. The molecule has 2 N–H and O–H groups in total. The summed E-state index contributed by atoms with van der Waals surface area (Å²) < 4.78 is 0. The van der Waals surface area contributed by atoms with Crippen LogP contribution in [0, 0.1) is 0 Å². The molecule has 1 fully saturated rings. The van der Waals surface area contributed by atoms with Gasteiger partial charge in [0.25, 0.3) is 0 Å². The van der Waals surface area contributed by atoms with Crippen molar-refractivity contribution < 1.29 is 9.59 Å². The van der Waals surface area contributed by atoms with Crippen molar-refractivity contribution >= 4 is 29.1 Å². The van der Waals surface area contributed by atoms with E-state index in [-0.39, 0.29) is 30.3 Å². The van der Waals surface area contributed by atoms with Crippen LogP contribution in [-0.2, 0) is 9.59 Å². The topological polar surface area (TPSA) is 87.2 Å². The Morgan fingerprint density at radius 3 is 2.62 bits per heavy atom. The lowest BCUT2D eigenvalue weighted by Gasteiger charge is -2.32. The lowest BCUT2D eigenvalue weighted by Crippen LogP contribution is -2.45. The Hall–Kier alpha value is -2.48. The van der Waals surface area contributed by atoms with Crippen molar-refractivity contribution in [3.8, 4) is 0 Å². The summed E-state index contributed by atoms with van der Waals surface area (Å²) in [5, 5.41) is 7.92. The Kier molecular flexibility index (Phi) is 6.17. The molecule has 26 heavy (non-hydrogen) atoms. The molecule has 2 aromatic rings. The second-order valence-electron chi connectivity index (χ2n) is 6.35. The zero-order valence-electron chi connectivity index (χ0n) is 14.7. The van der Waals surface area contributed by atoms with Crippen LogP contribution in [0.1, 0.15) is 37.1 Å². The zero-order valence-corrected chi connectivity index (χ0v) is 15.5. The summed E-state index contributed by atoms with van der Waals surface area (Å²) in [4.78, 5) is 35.6. The Bertz CT molecular complexity index is 714. The first-order valence-electron chi connectivity index (χ1n) is 8.73. The predicted molar refractivity (Wildman–Crippen MR) is 101 cm³/mol. The van der Waals surface area contributed by atoms with Gasteiger partial charge in [-0.05, 0) is 30.4 Å². The summed E-state index contributed by atoms with van der Waals surface area (Å²) in [7, 11) is 0. The molecule has 1 aliphatic rings. The number of hydrogen-bond acceptors (Lipinski definition) is 6. The number of amides is 2. The second kappa shape index (κ2) is 8.75. The number of nitrogens with zero attached hydrogens (tertiary/aromatic N) is 3. The van der Waals surface area contributed by atoms with E-state index in [2.05, 4.69) is 25.5 Å². The molecule has 3 heterocycles. The highest BCUT2D eigenvalue weighted by Gasteiger charge is 2.24. The van der Waals surface area contributed by atoms with E-state index in [0.717, 1.165) is 36.8 Å². The van der Waals surface area contributed by atoms with Gasteiger partial charge in [0.05, 0.1) is 12.5 Å². The van der Waals surface area contributed by atoms with E-state index in [1.165, 1.54) is 6.92 Å². The molecule has 0 bridgehead atoms. The predicted octanol–water partition coefficient (Wildman–Crippen LogP) is 1.89. The standard InChI is InChI=1S/C18H23N5O2S/c1-13(24)21-15(16-4-2-11-26-16)12-17(25)22-14-5-9-23(10-6-14)18-19-7-3-8-20-18/h2-4,7-8,11,14-15H,5-6,9-10,12H2,1H3,(H,21,24)(H,22,25)/t15-/m1/s1. The summed E-state index contributed by atoms with van der Waals surface area (Å²) in [6.45, 7) is 3.10. The second-order valence-corrected chi connectivity index (χ2v) is 7.33. The lowest BCUT2D eigenvalue weighted by atomic mass is 10.0. The molecule has 0 aromatic carbocycles. The minimum atomic E-state index is -0.273. The average molecular weight is 373 g/mol. The number of carbonyl (C=O) groups is 2. The molecular formula is C18H23N5O2S. The number of thiophene rings is 1. The molecule has 0 saturated carbocycles. The number of anilines is 1. The maximum Gasteiger partial charge on any atom is 0.225 e. The highest BCUT2D eigenvalue weighted by Crippen LogP contribution is 2.22. The normalized spacial score (nSPS) is 16.1. The molecule has 2 aromatic heterocycles. The highest BCUT2D eigenvalue weighted by atomic mass is 32.1. The number of piperidine rings is 1. The first kappa shape index (κ1) is 18.3. The summed E-state index contributed by atoms with van der Waals surface area (Å²) >= 11 is 1.54. The summed E-state index contributed by atoms with van der Waals surface area (Å²) in [6.07, 6.45) is 5.44. The fourth-order valence-corrected chi connectivity index (χ4v) is 3.89. The van der Waals surface area contributed by atoms with Crippen LogP contribution >= 0.6 is 11.3 Å². The third-order valence-electron chi connectivity index (χ3n) is 4.35. The molecular weight excluding hydrogens is 350 g/mol. The Balaban J connectivity index is 1.49. The van der Waals surface area contributed by atoms with Crippen LogP contribution in [0.3, 0.4) is 0 Å². The maximum absolute atomic E-state index is 12.5. The van der Waals surface area contributed by atoms with Gasteiger partial charge in [0.1, 0.15) is 0 Å². The SMILES string of the molecule is CC(=O)N[C@H](CC(=O)NC1CCN(c2ncccn2)CC1)c1cccs1. The van der Waals surface area contributed by atoms with Gasteiger partial charge in [-0.1, -0.05) is 6.07 Å². The fraction of sp³-hybridized carbons (Fsp3) is 0.444. The molecule has 7 nitrogen and oxygen atoms in total. The number of carbonyl (C=O) groups excluding carboxylic acids is 2. The molecule has 0 spiro atoms. The number of aromatic nitrogens is 2. The van der Waals surface area contributed by atoms with Gasteiger partial charge in [0.15, 0.2) is 0 Å². The van der Waals surface area contributed by atoms with E-state index >= 15 is 0 Å². The number of hydrogen-bond donors (Lipinski definition) is 2. The summed E-state index contributed by atoms with van der Waals surface area (Å²) in [5.74, 6) is 0.569. The van der Waals surface area contributed by atoms with Crippen LogP contribution in [0.5, 0.6) is 0 Å². The van der Waals surface area contributed by atoms with Gasteiger partial charge in [0.2, 0.25) is 17.8 Å². The molecule has 0 aliphatic carbocycles. The van der Waals surface area contributed by atoms with Crippen LogP contribution < -0.4 is 15.5 Å². The lowest BCUT2D eigenvalue weighted by molar-refractivity contribution is -0.123. The van der Waals surface area contributed by atoms with Gasteiger partial charge in [0, 0.05) is 43.3 Å². The molecule has 3 rings (SSSR count). The summed E-state index contributed by atoms with van der Waals surface area (Å²) in [5.41, 5.74) is 0. The van der Waals surface area contributed by atoms with E-state index in [1.54, 1.807) is 29.8 Å². The van der Waals surface area contributed by atoms with E-state index in [9.17, 15) is 9.59 Å². The van der Waals surface area contributed by atoms with E-state index in [4.69, 9.17) is 0 Å². The fourth-order valence-electron chi connectivity index (χ4n) is 3.11. The first-order valence-corrected chi connectivity index (χ1v) is 9.61. The molecule has 8 heteroatoms. The van der Waals surface area contributed by atoms with Crippen molar-refractivity contribution in [1.29, 1.82) is 0 Å². The van der Waals surface area contributed by atoms with Crippen molar-refractivity contribution in [2.24, 2.45) is 0 Å². The summed E-state index contributed by atoms with van der Waals surface area (Å²) in [6, 6.07) is 5.54. The minimum Gasteiger partial charge on any atom is -0.353 e. The Morgan fingerprint density at radius 2 is 2.00 bits per heavy atom. The van der Waals surface area contributed by atoms with Crippen molar-refractivity contribution in [3.63, 3.8) is 0 Å². The van der Waals surface area contributed by atoms with Crippen molar-refractivity contribution in [2.75, 3.05) is 18.0 Å². The minimum absolute atomic E-state index is 0.0356. The molecule has 1 atom stereocenters. The third-order valence-corrected chi connectivity index (χ3v) is 5.33. The van der Waals surface area contributed by atoms with Crippen LogP contribution in [0.2, 0.25) is 0 Å². The highest BCUT2D eigenvalue weighted by molar-refractivity contribution is 7.10. The van der Waals surface area contributed by atoms with Gasteiger partial charge in [-0.3, -0.25) is 9.59 Å². The van der Waals surface area contributed by atoms with Gasteiger partial charge in [-0.25, -0.2) is 9.97 Å². The number of rotatable bonds is 6. The molecule has 1 saturated heterocycles. The van der Waals surface area contributed by atoms with E-state index < -0.39 is 0 Å². The van der Waals surface area contributed by atoms with Crippen LogP contribution in [-0.4, -0.2) is 40.9 Å². The van der Waals surface area contributed by atoms with Crippen LogP contribution in [0.15, 0.2) is 36.0 Å². The van der Waals surface area contributed by atoms with Crippen molar-refractivity contribution in [2.45, 2.75) is 38.3 Å². The van der Waals surface area contributed by atoms with Gasteiger partial charge < -0.3 is 15.5 Å². The van der Waals surface area contributed by atoms with Gasteiger partial charge in [-0.15, -0.1) is 11.3 Å². The van der Waals surface area contributed by atoms with Gasteiger partial charge in [-0.2, -0.15) is 0 Å². The van der Waals surface area contributed by atoms with E-state index in [1.807, 2.05) is 17.5 Å². The van der Waals surface area contributed by atoms with Crippen LogP contribution in [0.25, 0.3) is 0 Å². The van der Waals surface area contributed by atoms with Crippen molar-refractivity contribution in [3.05, 3.63) is 40.8 Å². The maximum atomic E-state index is 12.5. The monoisotopic (exact) mass is 373 g/mol. The number of nitrogens with one attached hydrogen (secondary N) is 2.